The molecule has 0 spiro atoms. The largest absolute Gasteiger partial charge is 0.487 e. The molecule has 2 atom stereocenters. The van der Waals surface area contributed by atoms with Crippen LogP contribution in [0.5, 0.6) is 5.75 Å². The summed E-state index contributed by atoms with van der Waals surface area (Å²) >= 11 is 0. The summed E-state index contributed by atoms with van der Waals surface area (Å²) in [6.45, 7) is 3.60. The van der Waals surface area contributed by atoms with Gasteiger partial charge < -0.3 is 20.0 Å². The van der Waals surface area contributed by atoms with E-state index < -0.39 is 4.92 Å². The van der Waals surface area contributed by atoms with Gasteiger partial charge in [-0.3, -0.25) is 0 Å². The molecule has 1 aromatic heterocycles. The first-order valence-corrected chi connectivity index (χ1v) is 5.44. The predicted molar refractivity (Wildman–Crippen MR) is 61.9 cm³/mol. The molecule has 0 saturated heterocycles. The molecule has 6 heteroatoms. The maximum Gasteiger partial charge on any atom is 0.363 e. The topological polar surface area (TPSA) is 85.5 Å². The van der Waals surface area contributed by atoms with E-state index in [4.69, 9.17) is 9.84 Å². The zero-order valence-electron chi connectivity index (χ0n) is 9.87. The number of ether oxygens (including phenoxy) is 1. The highest BCUT2D eigenvalue weighted by Crippen LogP contribution is 2.16. The highest BCUT2D eigenvalue weighted by molar-refractivity contribution is 5.26. The van der Waals surface area contributed by atoms with Gasteiger partial charge in [-0.25, -0.2) is 0 Å². The van der Waals surface area contributed by atoms with E-state index >= 15 is 0 Å². The zero-order valence-corrected chi connectivity index (χ0v) is 9.87. The molecule has 0 bridgehead atoms. The lowest BCUT2D eigenvalue weighted by molar-refractivity contribution is -0.389. The van der Waals surface area contributed by atoms with Crippen LogP contribution >= 0.6 is 0 Å². The fraction of sp³-hybridized carbons (Fsp3) is 0.545. The van der Waals surface area contributed by atoms with Gasteiger partial charge in [0.1, 0.15) is 0 Å². The molecule has 0 aromatic carbocycles. The Balaban J connectivity index is 2.48. The van der Waals surface area contributed by atoms with E-state index in [2.05, 4.69) is 4.98 Å². The van der Waals surface area contributed by atoms with Gasteiger partial charge >= 0.3 is 5.82 Å². The number of hydrogen-bond donors (Lipinski definition) is 1. The molecule has 1 aromatic rings. The Morgan fingerprint density at radius 1 is 1.47 bits per heavy atom. The minimum absolute atomic E-state index is 0.0622. The van der Waals surface area contributed by atoms with Crippen molar-refractivity contribution >= 4 is 5.82 Å². The summed E-state index contributed by atoms with van der Waals surface area (Å²) in [5, 5.41) is 19.5. The number of aliphatic hydroxyl groups excluding tert-OH is 1. The van der Waals surface area contributed by atoms with Crippen LogP contribution in [0.2, 0.25) is 0 Å². The number of nitrogens with zero attached hydrogens (tertiary/aromatic N) is 2. The first-order chi connectivity index (χ1) is 7.99. The molecule has 2 unspecified atom stereocenters. The van der Waals surface area contributed by atoms with Crippen LogP contribution in [0, 0.1) is 10.1 Å². The van der Waals surface area contributed by atoms with Crippen LogP contribution in [0.15, 0.2) is 18.3 Å². The first kappa shape index (κ1) is 13.4. The Hall–Kier alpha value is -1.69. The monoisotopic (exact) mass is 240 g/mol. The Bertz CT molecular complexity index is 364. The van der Waals surface area contributed by atoms with Crippen LogP contribution in [-0.2, 0) is 0 Å². The normalized spacial score (nSPS) is 14.1. The number of rotatable bonds is 6. The van der Waals surface area contributed by atoms with Crippen molar-refractivity contribution in [1.82, 2.24) is 4.98 Å². The molecule has 6 nitrogen and oxygen atoms in total. The third-order valence-electron chi connectivity index (χ3n) is 2.24. The van der Waals surface area contributed by atoms with Gasteiger partial charge in [-0.15, -0.1) is 0 Å². The van der Waals surface area contributed by atoms with Crippen molar-refractivity contribution in [1.29, 1.82) is 0 Å². The Morgan fingerprint density at radius 2 is 2.18 bits per heavy atom. The van der Waals surface area contributed by atoms with E-state index in [0.29, 0.717) is 18.6 Å². The smallest absolute Gasteiger partial charge is 0.363 e. The minimum atomic E-state index is -0.555. The number of hydrogen-bond acceptors (Lipinski definition) is 5. The number of pyridine rings is 1. The highest BCUT2D eigenvalue weighted by Gasteiger charge is 2.10. The molecule has 0 radical (unpaired) electrons. The van der Waals surface area contributed by atoms with Crippen LogP contribution in [0.3, 0.4) is 0 Å². The van der Waals surface area contributed by atoms with E-state index in [0.717, 1.165) is 0 Å². The summed E-state index contributed by atoms with van der Waals surface area (Å²) in [7, 11) is 0. The second-order valence-corrected chi connectivity index (χ2v) is 3.96. The lowest BCUT2D eigenvalue weighted by Crippen LogP contribution is -2.14. The number of nitro groups is 1. The molecule has 1 N–H and O–H groups in total. The zero-order chi connectivity index (χ0) is 12.8. The molecule has 0 aliphatic carbocycles. The Labute approximate surface area is 99.4 Å². The summed E-state index contributed by atoms with van der Waals surface area (Å²) in [5.41, 5.74) is 0. The summed E-state index contributed by atoms with van der Waals surface area (Å²) in [6.07, 6.45) is 2.29. The quantitative estimate of drug-likeness (QED) is 0.606. The van der Waals surface area contributed by atoms with Crippen molar-refractivity contribution in [3.63, 3.8) is 0 Å². The maximum absolute atomic E-state index is 10.4. The molecule has 0 amide bonds. The molecule has 0 saturated carbocycles. The van der Waals surface area contributed by atoms with Crippen molar-refractivity contribution in [3.05, 3.63) is 28.4 Å². The molecule has 0 fully saturated rings. The summed E-state index contributed by atoms with van der Waals surface area (Å²) in [6, 6.07) is 2.82. The van der Waals surface area contributed by atoms with E-state index in [1.54, 1.807) is 6.92 Å². The predicted octanol–water partition coefficient (Wildman–Crippen LogP) is 1.92. The second-order valence-electron chi connectivity index (χ2n) is 3.96. The van der Waals surface area contributed by atoms with Gasteiger partial charge in [-0.05, 0) is 42.7 Å². The average Bonchev–Trinajstić information content (AvgIpc) is 2.27. The van der Waals surface area contributed by atoms with E-state index in [-0.39, 0.29) is 18.0 Å². The van der Waals surface area contributed by atoms with E-state index in [1.807, 2.05) is 6.92 Å². The standard InChI is InChI=1S/C11H16N2O4/c1-8(14)3-4-9(2)17-10-5-6-11(12-7-10)13(15)16/h5-9,14H,3-4H2,1-2H3. The van der Waals surface area contributed by atoms with Crippen molar-refractivity contribution in [3.8, 4) is 5.75 Å². The summed E-state index contributed by atoms with van der Waals surface area (Å²) in [4.78, 5) is 13.5. The SMILES string of the molecule is CC(O)CCC(C)Oc1ccc([N+](=O)[O-])nc1. The molecule has 17 heavy (non-hydrogen) atoms. The molecular formula is C11H16N2O4. The van der Waals surface area contributed by atoms with E-state index in [9.17, 15) is 10.1 Å². The van der Waals surface area contributed by atoms with Crippen LogP contribution in [0.1, 0.15) is 26.7 Å². The second kappa shape index (κ2) is 6.15. The van der Waals surface area contributed by atoms with Crippen LogP contribution in [-0.4, -0.2) is 27.2 Å². The van der Waals surface area contributed by atoms with Crippen molar-refractivity contribution in [2.75, 3.05) is 0 Å². The van der Waals surface area contributed by atoms with Crippen molar-refractivity contribution in [2.45, 2.75) is 38.9 Å². The van der Waals surface area contributed by atoms with Gasteiger partial charge in [0.2, 0.25) is 0 Å². The Morgan fingerprint density at radius 3 is 2.65 bits per heavy atom. The highest BCUT2D eigenvalue weighted by atomic mass is 16.6. The molecule has 1 heterocycles. The Kier molecular flexibility index (Phi) is 4.84. The van der Waals surface area contributed by atoms with Gasteiger partial charge in [0.25, 0.3) is 0 Å². The van der Waals surface area contributed by atoms with Crippen molar-refractivity contribution < 1.29 is 14.8 Å². The first-order valence-electron chi connectivity index (χ1n) is 5.44. The number of aromatic nitrogens is 1. The van der Waals surface area contributed by atoms with E-state index in [1.165, 1.54) is 18.3 Å². The van der Waals surface area contributed by atoms with Gasteiger partial charge in [-0.1, -0.05) is 0 Å². The lowest BCUT2D eigenvalue weighted by Gasteiger charge is -2.14. The van der Waals surface area contributed by atoms with Crippen LogP contribution in [0.25, 0.3) is 0 Å². The molecule has 94 valence electrons. The fourth-order valence-corrected chi connectivity index (χ4v) is 1.32. The van der Waals surface area contributed by atoms with Crippen LogP contribution in [0.4, 0.5) is 5.82 Å². The summed E-state index contributed by atoms with van der Waals surface area (Å²) in [5.74, 6) is 0.294. The minimum Gasteiger partial charge on any atom is -0.487 e. The third kappa shape index (κ3) is 4.78. The molecule has 0 aliphatic rings. The molecule has 1 rings (SSSR count). The summed E-state index contributed by atoms with van der Waals surface area (Å²) < 4.78 is 5.50. The fourth-order valence-electron chi connectivity index (χ4n) is 1.32. The van der Waals surface area contributed by atoms with Crippen LogP contribution < -0.4 is 4.74 Å². The maximum atomic E-state index is 10.4. The molecule has 0 aliphatic heterocycles. The third-order valence-corrected chi connectivity index (χ3v) is 2.24. The number of aliphatic hydroxyl groups is 1. The van der Waals surface area contributed by atoms with Crippen molar-refractivity contribution in [2.24, 2.45) is 0 Å². The van der Waals surface area contributed by atoms with Gasteiger partial charge in [0, 0.05) is 6.07 Å². The lowest BCUT2D eigenvalue weighted by atomic mass is 10.1. The van der Waals surface area contributed by atoms with Gasteiger partial charge in [0.15, 0.2) is 11.9 Å². The van der Waals surface area contributed by atoms with Gasteiger partial charge in [0.05, 0.1) is 12.2 Å². The molecular weight excluding hydrogens is 224 g/mol. The van der Waals surface area contributed by atoms with Gasteiger partial charge in [-0.2, -0.15) is 0 Å². The average molecular weight is 240 g/mol.